The van der Waals surface area contributed by atoms with E-state index in [0.29, 0.717) is 0 Å². The summed E-state index contributed by atoms with van der Waals surface area (Å²) in [5.41, 5.74) is 8.45. The van der Waals surface area contributed by atoms with Crippen LogP contribution in [0.3, 0.4) is 0 Å². The molecule has 2 aromatic heterocycles. The minimum absolute atomic E-state index is 0.216. The van der Waals surface area contributed by atoms with Gasteiger partial charge in [-0.05, 0) is 81.3 Å². The summed E-state index contributed by atoms with van der Waals surface area (Å²) in [6.07, 6.45) is 3.30. The van der Waals surface area contributed by atoms with Crippen LogP contribution in [0.1, 0.15) is 37.5 Å². The van der Waals surface area contributed by atoms with Crippen LogP contribution in [0.4, 0.5) is 0 Å². The number of benzene rings is 5. The van der Waals surface area contributed by atoms with E-state index < -0.39 is 0 Å². The van der Waals surface area contributed by atoms with Crippen LogP contribution in [0.2, 0.25) is 0 Å². The molecule has 0 aliphatic heterocycles. The minimum Gasteiger partial charge on any atom is -0.455 e. The molecule has 0 aliphatic carbocycles. The second kappa shape index (κ2) is 8.41. The van der Waals surface area contributed by atoms with Crippen molar-refractivity contribution in [3.63, 3.8) is 0 Å². The van der Waals surface area contributed by atoms with Gasteiger partial charge < -0.3 is 4.42 Å². The Morgan fingerprint density at radius 3 is 1.85 bits per heavy atom. The van der Waals surface area contributed by atoms with Crippen molar-refractivity contribution in [2.45, 2.75) is 41.0 Å². The van der Waals surface area contributed by atoms with Crippen molar-refractivity contribution < 1.29 is 8.98 Å². The number of aryl methyl sites for hydroxylation is 3. The molecule has 0 spiro atoms. The largest absolute Gasteiger partial charge is 0.455 e. The third kappa shape index (κ3) is 3.73. The first-order valence-corrected chi connectivity index (χ1v) is 13.9. The summed E-state index contributed by atoms with van der Waals surface area (Å²) >= 11 is 0. The van der Waals surface area contributed by atoms with Gasteiger partial charge in [0.1, 0.15) is 18.2 Å². The number of furan rings is 1. The van der Waals surface area contributed by atoms with Crippen molar-refractivity contribution >= 4 is 54.3 Å². The van der Waals surface area contributed by atoms with Crippen LogP contribution in [0, 0.1) is 19.3 Å². The lowest BCUT2D eigenvalue weighted by molar-refractivity contribution is -0.660. The van der Waals surface area contributed by atoms with Gasteiger partial charge >= 0.3 is 0 Å². The van der Waals surface area contributed by atoms with E-state index >= 15 is 0 Å². The van der Waals surface area contributed by atoms with Crippen LogP contribution < -0.4 is 4.57 Å². The molecule has 192 valence electrons. The van der Waals surface area contributed by atoms with Gasteiger partial charge in [0.25, 0.3) is 0 Å². The smallest absolute Gasteiger partial charge is 0.216 e. The van der Waals surface area contributed by atoms with Gasteiger partial charge in [-0.3, -0.25) is 0 Å². The molecule has 0 atom stereocenters. The Labute approximate surface area is 229 Å². The first kappa shape index (κ1) is 23.9. The molecule has 0 saturated carbocycles. The zero-order chi connectivity index (χ0) is 27.1. The fraction of sp³-hybridized carbons (Fsp3) is 0.216. The van der Waals surface area contributed by atoms with E-state index in [1.54, 1.807) is 0 Å². The maximum absolute atomic E-state index is 6.80. The number of fused-ring (bicyclic) bond motifs is 9. The molecule has 0 bridgehead atoms. The summed E-state index contributed by atoms with van der Waals surface area (Å²) in [4.78, 5) is 0. The number of pyridine rings is 1. The van der Waals surface area contributed by atoms with Crippen LogP contribution in [-0.4, -0.2) is 0 Å². The quantitative estimate of drug-likeness (QED) is 0.168. The van der Waals surface area contributed by atoms with Crippen LogP contribution in [0.25, 0.3) is 65.5 Å². The molecule has 0 saturated heterocycles. The maximum Gasteiger partial charge on any atom is 0.216 e. The summed E-state index contributed by atoms with van der Waals surface area (Å²) in [6.45, 7) is 11.3. The molecule has 2 nitrogen and oxygen atoms in total. The number of aromatic nitrogens is 1. The van der Waals surface area contributed by atoms with Gasteiger partial charge in [-0.2, -0.15) is 0 Å². The minimum atomic E-state index is 0.216. The topological polar surface area (TPSA) is 17.0 Å². The third-order valence-corrected chi connectivity index (χ3v) is 8.27. The number of hydrogen-bond donors (Lipinski definition) is 0. The highest BCUT2D eigenvalue weighted by atomic mass is 16.3. The first-order chi connectivity index (χ1) is 18.7. The Bertz CT molecular complexity index is 2100. The highest BCUT2D eigenvalue weighted by molar-refractivity contribution is 6.28. The first-order valence-electron chi connectivity index (χ1n) is 13.9. The molecule has 5 aromatic carbocycles. The number of rotatable bonds is 2. The SMILES string of the molecule is Cc1c[n+](C)c(-c2c(C)ccc3c2oc2cc4c5ccccc5c5ccccc5c4cc23)cc1CC(C)(C)C. The lowest BCUT2D eigenvalue weighted by atomic mass is 9.86. The van der Waals surface area contributed by atoms with Gasteiger partial charge in [-0.25, -0.2) is 4.57 Å². The fourth-order valence-corrected chi connectivity index (χ4v) is 6.49. The normalized spacial score (nSPS) is 12.5. The molecule has 0 radical (unpaired) electrons. The molecular formula is C37H34NO+. The Balaban J connectivity index is 1.57. The van der Waals surface area contributed by atoms with Gasteiger partial charge in [-0.15, -0.1) is 0 Å². The van der Waals surface area contributed by atoms with Crippen LogP contribution >= 0.6 is 0 Å². The van der Waals surface area contributed by atoms with Crippen molar-refractivity contribution in [2.75, 3.05) is 0 Å². The van der Waals surface area contributed by atoms with E-state index in [1.807, 2.05) is 0 Å². The molecule has 0 amide bonds. The average molecular weight is 509 g/mol. The van der Waals surface area contributed by atoms with Crippen LogP contribution in [0.5, 0.6) is 0 Å². The van der Waals surface area contributed by atoms with Crippen LogP contribution in [-0.2, 0) is 13.5 Å². The van der Waals surface area contributed by atoms with Crippen LogP contribution in [0.15, 0.2) is 89.5 Å². The highest BCUT2D eigenvalue weighted by Gasteiger charge is 2.24. The molecule has 2 heteroatoms. The molecule has 7 rings (SSSR count). The predicted octanol–water partition coefficient (Wildman–Crippen LogP) is 9.74. The van der Waals surface area contributed by atoms with E-state index in [4.69, 9.17) is 4.42 Å². The third-order valence-electron chi connectivity index (χ3n) is 8.27. The lowest BCUT2D eigenvalue weighted by Gasteiger charge is -2.19. The van der Waals surface area contributed by atoms with E-state index in [9.17, 15) is 0 Å². The molecule has 0 unspecified atom stereocenters. The van der Waals surface area contributed by atoms with E-state index in [2.05, 4.69) is 131 Å². The Morgan fingerprint density at radius 2 is 1.23 bits per heavy atom. The highest BCUT2D eigenvalue weighted by Crippen LogP contribution is 2.42. The Hall–Kier alpha value is -4.17. The fourth-order valence-electron chi connectivity index (χ4n) is 6.49. The predicted molar refractivity (Wildman–Crippen MR) is 165 cm³/mol. The Kier molecular flexibility index (Phi) is 5.16. The second-order valence-corrected chi connectivity index (χ2v) is 12.4. The molecule has 0 fully saturated rings. The second-order valence-electron chi connectivity index (χ2n) is 12.4. The van der Waals surface area contributed by atoms with E-state index in [-0.39, 0.29) is 5.41 Å². The Morgan fingerprint density at radius 1 is 0.641 bits per heavy atom. The summed E-state index contributed by atoms with van der Waals surface area (Å²) in [5.74, 6) is 0. The summed E-state index contributed by atoms with van der Waals surface area (Å²) in [5, 5.41) is 9.98. The summed E-state index contributed by atoms with van der Waals surface area (Å²) in [6, 6.07) is 29.0. The maximum atomic E-state index is 6.80. The molecular weight excluding hydrogens is 474 g/mol. The standard InChI is InChI=1S/C37H34NO/c1-22-15-16-29-32-18-30-27-13-9-7-11-25(27)26-12-8-10-14-28(26)31(30)19-34(32)39-36(29)35(22)33-17-24(20-37(3,4)5)23(2)21-38(33)6/h7-19,21H,20H2,1-6H3/q+1. The summed E-state index contributed by atoms with van der Waals surface area (Å²) < 4.78 is 9.06. The van der Waals surface area contributed by atoms with Gasteiger partial charge in [0.2, 0.25) is 5.69 Å². The monoisotopic (exact) mass is 508 g/mol. The van der Waals surface area contributed by atoms with Gasteiger partial charge in [-0.1, -0.05) is 81.4 Å². The zero-order valence-corrected chi connectivity index (χ0v) is 23.6. The molecule has 2 heterocycles. The zero-order valence-electron chi connectivity index (χ0n) is 23.6. The lowest BCUT2D eigenvalue weighted by Crippen LogP contribution is -2.32. The summed E-state index contributed by atoms with van der Waals surface area (Å²) in [7, 11) is 2.15. The van der Waals surface area contributed by atoms with Crippen molar-refractivity contribution in [1.82, 2.24) is 0 Å². The number of hydrogen-bond acceptors (Lipinski definition) is 1. The number of nitrogens with zero attached hydrogens (tertiary/aromatic N) is 1. The van der Waals surface area contributed by atoms with Crippen molar-refractivity contribution in [3.05, 3.63) is 102 Å². The molecule has 0 aliphatic rings. The van der Waals surface area contributed by atoms with Crippen molar-refractivity contribution in [2.24, 2.45) is 12.5 Å². The van der Waals surface area contributed by atoms with E-state index in [0.717, 1.165) is 17.6 Å². The average Bonchev–Trinajstić information content (AvgIpc) is 3.26. The molecule has 0 N–H and O–H groups in total. The van der Waals surface area contributed by atoms with Gasteiger partial charge in [0, 0.05) is 22.4 Å². The molecule has 39 heavy (non-hydrogen) atoms. The van der Waals surface area contributed by atoms with Crippen molar-refractivity contribution in [3.8, 4) is 11.3 Å². The van der Waals surface area contributed by atoms with E-state index in [1.165, 1.54) is 71.0 Å². The molecule has 7 aromatic rings. The van der Waals surface area contributed by atoms with Crippen molar-refractivity contribution in [1.29, 1.82) is 0 Å². The van der Waals surface area contributed by atoms with Gasteiger partial charge in [0.05, 0.1) is 5.56 Å². The van der Waals surface area contributed by atoms with Gasteiger partial charge in [0.15, 0.2) is 6.20 Å².